The third-order valence-electron chi connectivity index (χ3n) is 4.49. The SMILES string of the molecule is COc1ccc2cc(CN(C)C(=O)[C@H]3NCCO[C@@H]3C)ccc2c1.Cl. The predicted octanol–water partition coefficient (Wildman–Crippen LogP) is 2.61. The lowest BCUT2D eigenvalue weighted by Crippen LogP contribution is -2.55. The average Bonchev–Trinajstić information content (AvgIpc) is 2.61. The van der Waals surface area contributed by atoms with Crippen LogP contribution in [-0.4, -0.2) is 50.3 Å². The minimum Gasteiger partial charge on any atom is -0.497 e. The first-order valence-electron chi connectivity index (χ1n) is 8.25. The number of ether oxygens (including phenoxy) is 2. The molecular weight excluding hydrogens is 340 g/mol. The number of fused-ring (bicyclic) bond motifs is 1. The Kier molecular flexibility index (Phi) is 6.64. The van der Waals surface area contributed by atoms with Crippen molar-refractivity contribution in [2.24, 2.45) is 0 Å². The third kappa shape index (κ3) is 4.42. The van der Waals surface area contributed by atoms with Gasteiger partial charge in [-0.1, -0.05) is 18.2 Å². The molecule has 0 unspecified atom stereocenters. The van der Waals surface area contributed by atoms with Crippen LogP contribution >= 0.6 is 12.4 Å². The molecule has 136 valence electrons. The third-order valence-corrected chi connectivity index (χ3v) is 4.49. The number of hydrogen-bond acceptors (Lipinski definition) is 4. The van der Waals surface area contributed by atoms with E-state index in [0.29, 0.717) is 19.7 Å². The van der Waals surface area contributed by atoms with Crippen LogP contribution in [0.4, 0.5) is 0 Å². The van der Waals surface area contributed by atoms with Crippen molar-refractivity contribution in [3.8, 4) is 5.75 Å². The summed E-state index contributed by atoms with van der Waals surface area (Å²) in [5, 5.41) is 5.52. The molecule has 5 nitrogen and oxygen atoms in total. The van der Waals surface area contributed by atoms with E-state index in [1.54, 1.807) is 12.0 Å². The van der Waals surface area contributed by atoms with Gasteiger partial charge in [0.1, 0.15) is 11.8 Å². The summed E-state index contributed by atoms with van der Waals surface area (Å²) in [5.74, 6) is 0.914. The van der Waals surface area contributed by atoms with Gasteiger partial charge in [0, 0.05) is 20.1 Å². The molecule has 2 aromatic rings. The van der Waals surface area contributed by atoms with E-state index in [9.17, 15) is 4.79 Å². The molecule has 2 aromatic carbocycles. The molecule has 0 aromatic heterocycles. The van der Waals surface area contributed by atoms with Gasteiger partial charge in [-0.15, -0.1) is 12.4 Å². The second kappa shape index (κ2) is 8.52. The molecule has 25 heavy (non-hydrogen) atoms. The van der Waals surface area contributed by atoms with E-state index < -0.39 is 0 Å². The van der Waals surface area contributed by atoms with Crippen molar-refractivity contribution in [3.05, 3.63) is 42.0 Å². The Morgan fingerprint density at radius 2 is 2.00 bits per heavy atom. The van der Waals surface area contributed by atoms with Crippen LogP contribution in [0, 0.1) is 0 Å². The number of halogens is 1. The van der Waals surface area contributed by atoms with Crippen molar-refractivity contribution in [2.75, 3.05) is 27.3 Å². The fourth-order valence-electron chi connectivity index (χ4n) is 3.10. The number of carbonyl (C=O) groups is 1. The fraction of sp³-hybridized carbons (Fsp3) is 0.421. The zero-order chi connectivity index (χ0) is 17.1. The van der Waals surface area contributed by atoms with Gasteiger partial charge in [-0.2, -0.15) is 0 Å². The number of methoxy groups -OCH3 is 1. The van der Waals surface area contributed by atoms with Gasteiger partial charge in [-0.25, -0.2) is 0 Å². The molecule has 0 aliphatic carbocycles. The molecular formula is C19H25ClN2O3. The van der Waals surface area contributed by atoms with Crippen molar-refractivity contribution in [1.82, 2.24) is 10.2 Å². The molecule has 1 fully saturated rings. The van der Waals surface area contributed by atoms with Gasteiger partial charge in [0.15, 0.2) is 0 Å². The molecule has 2 atom stereocenters. The second-order valence-corrected chi connectivity index (χ2v) is 6.25. The maximum atomic E-state index is 12.6. The van der Waals surface area contributed by atoms with Gasteiger partial charge < -0.3 is 19.7 Å². The van der Waals surface area contributed by atoms with Crippen LogP contribution in [-0.2, 0) is 16.1 Å². The Morgan fingerprint density at radius 1 is 1.28 bits per heavy atom. The minimum atomic E-state index is -0.270. The van der Waals surface area contributed by atoms with Gasteiger partial charge in [0.25, 0.3) is 0 Å². The first kappa shape index (κ1) is 19.5. The van der Waals surface area contributed by atoms with Crippen LogP contribution in [0.2, 0.25) is 0 Å². The molecule has 1 aliphatic rings. The van der Waals surface area contributed by atoms with Crippen molar-refractivity contribution < 1.29 is 14.3 Å². The van der Waals surface area contributed by atoms with Crippen LogP contribution in [0.3, 0.4) is 0 Å². The van der Waals surface area contributed by atoms with Crippen LogP contribution in [0.1, 0.15) is 12.5 Å². The van der Waals surface area contributed by atoms with E-state index in [1.165, 1.54) is 0 Å². The maximum absolute atomic E-state index is 12.6. The molecule has 6 heteroatoms. The van der Waals surface area contributed by atoms with E-state index in [2.05, 4.69) is 23.5 Å². The van der Waals surface area contributed by atoms with E-state index in [0.717, 1.165) is 22.1 Å². The first-order chi connectivity index (χ1) is 11.6. The number of rotatable bonds is 4. The van der Waals surface area contributed by atoms with E-state index in [1.807, 2.05) is 32.2 Å². The summed E-state index contributed by atoms with van der Waals surface area (Å²) in [6.45, 7) is 3.88. The Morgan fingerprint density at radius 3 is 2.72 bits per heavy atom. The summed E-state index contributed by atoms with van der Waals surface area (Å²) < 4.78 is 10.8. The Labute approximate surface area is 154 Å². The molecule has 0 saturated carbocycles. The van der Waals surface area contributed by atoms with Gasteiger partial charge >= 0.3 is 0 Å². The zero-order valence-corrected chi connectivity index (χ0v) is 15.6. The Bertz CT molecular complexity index is 738. The number of nitrogens with zero attached hydrogens (tertiary/aromatic N) is 1. The molecule has 1 amide bonds. The summed E-state index contributed by atoms with van der Waals surface area (Å²) in [5.41, 5.74) is 1.10. The van der Waals surface area contributed by atoms with Crippen LogP contribution in [0.15, 0.2) is 36.4 Å². The zero-order valence-electron chi connectivity index (χ0n) is 14.8. The standard InChI is InChI=1S/C19H24N2O3.ClH/c1-13-18(20-8-9-24-13)19(22)21(2)12-14-4-5-16-11-17(23-3)7-6-15(16)10-14;/h4-7,10-11,13,18,20H,8-9,12H2,1-3H3;1H/t13-,18+;/m1./s1. The van der Waals surface area contributed by atoms with Crippen LogP contribution < -0.4 is 10.1 Å². The van der Waals surface area contributed by atoms with Gasteiger partial charge in [-0.3, -0.25) is 4.79 Å². The quantitative estimate of drug-likeness (QED) is 0.906. The average molecular weight is 365 g/mol. The lowest BCUT2D eigenvalue weighted by molar-refractivity contribution is -0.138. The molecule has 1 heterocycles. The summed E-state index contributed by atoms with van der Waals surface area (Å²) in [7, 11) is 3.50. The minimum absolute atomic E-state index is 0. The summed E-state index contributed by atoms with van der Waals surface area (Å²) in [4.78, 5) is 14.4. The predicted molar refractivity (Wildman–Crippen MR) is 101 cm³/mol. The normalized spacial score (nSPS) is 20.0. The van der Waals surface area contributed by atoms with E-state index >= 15 is 0 Å². The summed E-state index contributed by atoms with van der Waals surface area (Å²) in [6.07, 6.45) is -0.0993. The van der Waals surface area contributed by atoms with Crippen LogP contribution in [0.5, 0.6) is 5.75 Å². The van der Waals surface area contributed by atoms with Crippen molar-refractivity contribution in [3.63, 3.8) is 0 Å². The lowest BCUT2D eigenvalue weighted by Gasteiger charge is -2.32. The van der Waals surface area contributed by atoms with Crippen molar-refractivity contribution in [2.45, 2.75) is 25.6 Å². The monoisotopic (exact) mass is 364 g/mol. The lowest BCUT2D eigenvalue weighted by atomic mass is 10.1. The molecule has 1 aliphatic heterocycles. The molecule has 0 bridgehead atoms. The number of morpholine rings is 1. The van der Waals surface area contributed by atoms with E-state index in [-0.39, 0.29) is 30.5 Å². The number of benzene rings is 2. The molecule has 1 saturated heterocycles. The Hall–Kier alpha value is -1.82. The smallest absolute Gasteiger partial charge is 0.242 e. The van der Waals surface area contributed by atoms with Gasteiger partial charge in [0.2, 0.25) is 5.91 Å². The second-order valence-electron chi connectivity index (χ2n) is 6.25. The topological polar surface area (TPSA) is 50.8 Å². The highest BCUT2D eigenvalue weighted by Crippen LogP contribution is 2.22. The molecule has 0 spiro atoms. The number of nitrogens with one attached hydrogen (secondary N) is 1. The van der Waals surface area contributed by atoms with Crippen molar-refractivity contribution >= 4 is 29.1 Å². The molecule has 3 rings (SSSR count). The summed E-state index contributed by atoms with van der Waals surface area (Å²) >= 11 is 0. The van der Waals surface area contributed by atoms with Gasteiger partial charge in [0.05, 0.1) is 19.8 Å². The number of likely N-dealkylation sites (N-methyl/N-ethyl adjacent to an activating group) is 1. The largest absolute Gasteiger partial charge is 0.497 e. The first-order valence-corrected chi connectivity index (χ1v) is 8.25. The highest BCUT2D eigenvalue weighted by atomic mass is 35.5. The Balaban J connectivity index is 0.00000225. The molecule has 1 N–H and O–H groups in total. The summed E-state index contributed by atoms with van der Waals surface area (Å²) in [6, 6.07) is 12.0. The maximum Gasteiger partial charge on any atom is 0.242 e. The number of carbonyl (C=O) groups excluding carboxylic acids is 1. The van der Waals surface area contributed by atoms with Crippen LogP contribution in [0.25, 0.3) is 10.8 Å². The van der Waals surface area contributed by atoms with Crippen molar-refractivity contribution in [1.29, 1.82) is 0 Å². The number of hydrogen-bond donors (Lipinski definition) is 1. The highest BCUT2D eigenvalue weighted by molar-refractivity contribution is 5.86. The van der Waals surface area contributed by atoms with E-state index in [4.69, 9.17) is 9.47 Å². The fourth-order valence-corrected chi connectivity index (χ4v) is 3.10. The highest BCUT2D eigenvalue weighted by Gasteiger charge is 2.30. The number of amides is 1. The molecule has 0 radical (unpaired) electrons. The van der Waals surface area contributed by atoms with Gasteiger partial charge in [-0.05, 0) is 41.5 Å².